The van der Waals surface area contributed by atoms with Crippen LogP contribution in [0.2, 0.25) is 0 Å². The third-order valence-electron chi connectivity index (χ3n) is 5.68. The fourth-order valence-corrected chi connectivity index (χ4v) is 3.81. The predicted octanol–water partition coefficient (Wildman–Crippen LogP) is 6.58. The molecule has 0 atom stereocenters. The van der Waals surface area contributed by atoms with Gasteiger partial charge in [0.15, 0.2) is 5.69 Å². The van der Waals surface area contributed by atoms with Crippen LogP contribution in [0.3, 0.4) is 0 Å². The van der Waals surface area contributed by atoms with Crippen molar-refractivity contribution < 1.29 is 14.6 Å². The normalized spacial score (nSPS) is 11.9. The molecule has 0 saturated heterocycles. The van der Waals surface area contributed by atoms with Crippen molar-refractivity contribution in [1.29, 1.82) is 0 Å². The summed E-state index contributed by atoms with van der Waals surface area (Å²) in [5, 5.41) is 19.6. The molecule has 0 aliphatic rings. The lowest BCUT2D eigenvalue weighted by atomic mass is 9.87. The van der Waals surface area contributed by atoms with E-state index in [2.05, 4.69) is 43.1 Å². The van der Waals surface area contributed by atoms with Gasteiger partial charge in [0.1, 0.15) is 12.4 Å². The Hall–Kier alpha value is -3.93. The summed E-state index contributed by atoms with van der Waals surface area (Å²) < 4.78 is 7.65. The molecule has 0 fully saturated rings. The topological polar surface area (TPSA) is 76.2 Å². The maximum atomic E-state index is 12.3. The zero-order valence-corrected chi connectivity index (χ0v) is 19.7. The summed E-state index contributed by atoms with van der Waals surface area (Å²) in [7, 11) is 0. The number of ether oxygens (including phenoxy) is 1. The monoisotopic (exact) mass is 455 g/mol. The number of azo groups is 1. The molecule has 0 radical (unpaired) electrons. The third kappa shape index (κ3) is 5.34. The van der Waals surface area contributed by atoms with Crippen LogP contribution < -0.4 is 4.74 Å². The SMILES string of the molecule is CC(C)(C)c1ccc(OCCn2c(O)c(N=NC(=O)Cc3ccccc3)c3ccccc32)cc1. The van der Waals surface area contributed by atoms with Gasteiger partial charge < -0.3 is 14.4 Å². The summed E-state index contributed by atoms with van der Waals surface area (Å²) in [5.41, 5.74) is 3.28. The van der Waals surface area contributed by atoms with E-state index in [1.807, 2.05) is 66.7 Å². The molecular formula is C28H29N3O3. The molecule has 174 valence electrons. The van der Waals surface area contributed by atoms with Crippen LogP contribution in [0.1, 0.15) is 31.9 Å². The van der Waals surface area contributed by atoms with Gasteiger partial charge in [-0.15, -0.1) is 10.2 Å². The number of benzene rings is 3. The Morgan fingerprint density at radius 3 is 2.32 bits per heavy atom. The zero-order chi connectivity index (χ0) is 24.1. The Labute approximate surface area is 199 Å². The lowest BCUT2D eigenvalue weighted by Gasteiger charge is -2.19. The van der Waals surface area contributed by atoms with Crippen molar-refractivity contribution in [1.82, 2.24) is 4.57 Å². The van der Waals surface area contributed by atoms with E-state index in [9.17, 15) is 9.90 Å². The summed E-state index contributed by atoms with van der Waals surface area (Å²) in [6.45, 7) is 7.30. The highest BCUT2D eigenvalue weighted by atomic mass is 16.5. The van der Waals surface area contributed by atoms with Crippen LogP contribution in [-0.2, 0) is 23.2 Å². The molecule has 0 aliphatic heterocycles. The fourth-order valence-electron chi connectivity index (χ4n) is 3.81. The van der Waals surface area contributed by atoms with E-state index in [0.29, 0.717) is 13.2 Å². The van der Waals surface area contributed by atoms with Crippen molar-refractivity contribution in [3.8, 4) is 11.6 Å². The lowest BCUT2D eigenvalue weighted by molar-refractivity contribution is -0.117. The Balaban J connectivity index is 1.48. The van der Waals surface area contributed by atoms with E-state index >= 15 is 0 Å². The first kappa shape index (κ1) is 23.2. The van der Waals surface area contributed by atoms with Crippen LogP contribution in [0, 0.1) is 0 Å². The van der Waals surface area contributed by atoms with Crippen LogP contribution in [0.15, 0.2) is 89.1 Å². The number of fused-ring (bicyclic) bond motifs is 1. The fraction of sp³-hybridized carbons (Fsp3) is 0.250. The van der Waals surface area contributed by atoms with Crippen LogP contribution in [0.5, 0.6) is 11.6 Å². The van der Waals surface area contributed by atoms with Crippen molar-refractivity contribution in [2.75, 3.05) is 6.61 Å². The molecule has 0 bridgehead atoms. The number of hydrogen-bond donors (Lipinski definition) is 1. The van der Waals surface area contributed by atoms with Crippen molar-refractivity contribution in [3.63, 3.8) is 0 Å². The van der Waals surface area contributed by atoms with Crippen molar-refractivity contribution in [2.45, 2.75) is 39.2 Å². The molecule has 1 aromatic heterocycles. The molecule has 4 rings (SSSR count). The minimum Gasteiger partial charge on any atom is -0.493 e. The van der Waals surface area contributed by atoms with Gasteiger partial charge in [0.2, 0.25) is 5.88 Å². The number of rotatable bonds is 7. The molecule has 0 saturated carbocycles. The molecule has 1 amide bonds. The average Bonchev–Trinajstić information content (AvgIpc) is 3.09. The Morgan fingerprint density at radius 2 is 1.62 bits per heavy atom. The molecule has 0 spiro atoms. The van der Waals surface area contributed by atoms with Crippen molar-refractivity contribution in [3.05, 3.63) is 90.0 Å². The molecule has 0 unspecified atom stereocenters. The largest absolute Gasteiger partial charge is 0.493 e. The molecule has 34 heavy (non-hydrogen) atoms. The second kappa shape index (κ2) is 9.91. The molecule has 6 heteroatoms. The number of carbonyl (C=O) groups is 1. The van der Waals surface area contributed by atoms with E-state index in [4.69, 9.17) is 4.74 Å². The Kier molecular flexibility index (Phi) is 6.77. The minimum absolute atomic E-state index is 0.0378. The van der Waals surface area contributed by atoms with Crippen LogP contribution in [-0.4, -0.2) is 22.2 Å². The van der Waals surface area contributed by atoms with Gasteiger partial charge in [-0.25, -0.2) is 0 Å². The van der Waals surface area contributed by atoms with E-state index < -0.39 is 0 Å². The van der Waals surface area contributed by atoms with Gasteiger partial charge in [0, 0.05) is 5.39 Å². The first-order valence-electron chi connectivity index (χ1n) is 11.3. The van der Waals surface area contributed by atoms with Gasteiger partial charge in [-0.05, 0) is 34.7 Å². The standard InChI is InChI=1S/C28H29N3O3/c1-28(2,3)21-13-15-22(16-14-21)34-18-17-31-24-12-8-7-11-23(24)26(27(31)33)30-29-25(32)19-20-9-5-4-6-10-20/h4-16,33H,17-19H2,1-3H3. The second-order valence-corrected chi connectivity index (χ2v) is 9.22. The highest BCUT2D eigenvalue weighted by Gasteiger charge is 2.17. The Bertz CT molecular complexity index is 1300. The highest BCUT2D eigenvalue weighted by Crippen LogP contribution is 2.38. The second-order valence-electron chi connectivity index (χ2n) is 9.22. The van der Waals surface area contributed by atoms with Crippen LogP contribution in [0.4, 0.5) is 5.69 Å². The van der Waals surface area contributed by atoms with E-state index in [1.54, 1.807) is 4.57 Å². The predicted molar refractivity (Wildman–Crippen MR) is 134 cm³/mol. The first-order chi connectivity index (χ1) is 16.3. The van der Waals surface area contributed by atoms with Gasteiger partial charge in [0.25, 0.3) is 5.91 Å². The maximum Gasteiger partial charge on any atom is 0.269 e. The van der Waals surface area contributed by atoms with Gasteiger partial charge in [0.05, 0.1) is 18.5 Å². The number of carbonyl (C=O) groups excluding carboxylic acids is 1. The third-order valence-corrected chi connectivity index (χ3v) is 5.68. The Morgan fingerprint density at radius 1 is 0.941 bits per heavy atom. The molecule has 0 aliphatic carbocycles. The zero-order valence-electron chi connectivity index (χ0n) is 19.7. The van der Waals surface area contributed by atoms with Gasteiger partial charge in [-0.3, -0.25) is 4.79 Å². The highest BCUT2D eigenvalue weighted by molar-refractivity contribution is 5.95. The molecule has 3 aromatic carbocycles. The number of nitrogens with zero attached hydrogens (tertiary/aromatic N) is 3. The smallest absolute Gasteiger partial charge is 0.269 e. The van der Waals surface area contributed by atoms with Crippen molar-refractivity contribution >= 4 is 22.5 Å². The summed E-state index contributed by atoms with van der Waals surface area (Å²) >= 11 is 0. The average molecular weight is 456 g/mol. The summed E-state index contributed by atoms with van der Waals surface area (Å²) in [5.74, 6) is 0.365. The van der Waals surface area contributed by atoms with Gasteiger partial charge in [-0.1, -0.05) is 81.4 Å². The number of para-hydroxylation sites is 1. The lowest BCUT2D eigenvalue weighted by Crippen LogP contribution is -2.11. The molecule has 1 heterocycles. The first-order valence-corrected chi connectivity index (χ1v) is 11.3. The minimum atomic E-state index is -0.371. The number of aromatic nitrogens is 1. The van der Waals surface area contributed by atoms with Crippen LogP contribution >= 0.6 is 0 Å². The molecular weight excluding hydrogens is 426 g/mol. The quantitative estimate of drug-likeness (QED) is 0.320. The number of hydrogen-bond acceptors (Lipinski definition) is 4. The summed E-state index contributed by atoms with van der Waals surface area (Å²) in [4.78, 5) is 12.3. The van der Waals surface area contributed by atoms with Gasteiger partial charge in [-0.2, -0.15) is 0 Å². The summed E-state index contributed by atoms with van der Waals surface area (Å²) in [6, 6.07) is 25.0. The molecule has 4 aromatic rings. The van der Waals surface area contributed by atoms with E-state index in [-0.39, 0.29) is 29.3 Å². The molecule has 1 N–H and O–H groups in total. The number of aromatic hydroxyl groups is 1. The van der Waals surface area contributed by atoms with Crippen LogP contribution in [0.25, 0.3) is 10.9 Å². The van der Waals surface area contributed by atoms with Gasteiger partial charge >= 0.3 is 0 Å². The summed E-state index contributed by atoms with van der Waals surface area (Å²) in [6.07, 6.45) is 0.158. The number of amides is 1. The van der Waals surface area contributed by atoms with E-state index in [1.165, 1.54) is 5.56 Å². The maximum absolute atomic E-state index is 12.3. The van der Waals surface area contributed by atoms with E-state index in [0.717, 1.165) is 22.2 Å². The van der Waals surface area contributed by atoms with Crippen molar-refractivity contribution in [2.24, 2.45) is 10.2 Å². The molecule has 6 nitrogen and oxygen atoms in total.